The molecular weight excluding hydrogens is 369 g/mol. The summed E-state index contributed by atoms with van der Waals surface area (Å²) in [5, 5.41) is 0. The Morgan fingerprint density at radius 1 is 1.07 bits per heavy atom. The van der Waals surface area contributed by atoms with Gasteiger partial charge in [0.15, 0.2) is 0 Å². The van der Waals surface area contributed by atoms with Crippen LogP contribution < -0.4 is 15.5 Å². The highest BCUT2D eigenvalue weighted by molar-refractivity contribution is 5.69. The zero-order valence-electron chi connectivity index (χ0n) is 16.1. The van der Waals surface area contributed by atoms with E-state index in [9.17, 15) is 13.2 Å². The molecule has 152 valence electrons. The highest BCUT2D eigenvalue weighted by Crippen LogP contribution is 2.38. The van der Waals surface area contributed by atoms with Crippen LogP contribution in [-0.4, -0.2) is 41.1 Å². The van der Waals surface area contributed by atoms with Gasteiger partial charge in [-0.2, -0.15) is 18.2 Å². The monoisotopic (exact) mass is 394 g/mol. The summed E-state index contributed by atoms with van der Waals surface area (Å²) in [5.74, 6) is 0.898. The van der Waals surface area contributed by atoms with Crippen molar-refractivity contribution in [1.29, 1.82) is 0 Å². The van der Waals surface area contributed by atoms with Gasteiger partial charge in [-0.1, -0.05) is 0 Å². The Kier molecular flexibility index (Phi) is 5.90. The van der Waals surface area contributed by atoms with E-state index in [0.29, 0.717) is 24.9 Å². The van der Waals surface area contributed by atoms with Gasteiger partial charge in [0.25, 0.3) is 0 Å². The molecule has 0 bridgehead atoms. The minimum atomic E-state index is -4.56. The van der Waals surface area contributed by atoms with Gasteiger partial charge >= 0.3 is 6.18 Å². The lowest BCUT2D eigenvalue weighted by molar-refractivity contribution is -0.137. The van der Waals surface area contributed by atoms with Gasteiger partial charge in [-0.15, -0.1) is 0 Å². The number of anilines is 3. The van der Waals surface area contributed by atoms with E-state index < -0.39 is 11.7 Å². The van der Waals surface area contributed by atoms with Gasteiger partial charge in [0, 0.05) is 44.0 Å². The first-order valence-electron chi connectivity index (χ1n) is 9.55. The number of nitrogen functional groups attached to an aromatic ring is 1. The van der Waals surface area contributed by atoms with Gasteiger partial charge in [-0.25, -0.2) is 9.97 Å². The minimum absolute atomic E-state index is 0.0873. The van der Waals surface area contributed by atoms with Crippen LogP contribution in [0.2, 0.25) is 0 Å². The molecule has 2 aromatic heterocycles. The number of nitrogens with two attached hydrogens (primary N) is 1. The number of hydrogen-bond acceptors (Lipinski definition) is 6. The van der Waals surface area contributed by atoms with Crippen LogP contribution in [0.15, 0.2) is 18.3 Å². The molecule has 1 aliphatic heterocycles. The lowest BCUT2D eigenvalue weighted by atomic mass is 10.1. The first-order valence-corrected chi connectivity index (χ1v) is 9.55. The van der Waals surface area contributed by atoms with Crippen LogP contribution in [0.5, 0.6) is 0 Å². The maximum Gasteiger partial charge on any atom is 0.417 e. The van der Waals surface area contributed by atoms with E-state index in [1.54, 1.807) is 6.07 Å². The molecule has 1 aliphatic rings. The molecule has 1 fully saturated rings. The van der Waals surface area contributed by atoms with Gasteiger partial charge in [-0.3, -0.25) is 0 Å². The first kappa shape index (κ1) is 20.2. The van der Waals surface area contributed by atoms with Crippen LogP contribution in [-0.2, 0) is 6.18 Å². The Morgan fingerprint density at radius 3 is 2.36 bits per heavy atom. The first-order chi connectivity index (χ1) is 13.3. The largest absolute Gasteiger partial charge is 0.417 e. The Hall–Kier alpha value is -2.58. The highest BCUT2D eigenvalue weighted by atomic mass is 19.4. The average molecular weight is 394 g/mol. The Bertz CT molecular complexity index is 814. The van der Waals surface area contributed by atoms with Crippen molar-refractivity contribution in [1.82, 2.24) is 15.0 Å². The molecule has 0 unspecified atom stereocenters. The molecule has 9 heteroatoms. The quantitative estimate of drug-likeness (QED) is 0.827. The second-order valence-electron chi connectivity index (χ2n) is 6.78. The molecule has 6 nitrogen and oxygen atoms in total. The van der Waals surface area contributed by atoms with Gasteiger partial charge in [0.2, 0.25) is 5.95 Å². The standard InChI is InChI=1S/C19H25F3N6/c1-3-27(4-2)17-11-15(25-18(26-17)28-8-6-5-7-9-28)13-12-24-16(23)10-14(13)19(20,21)22/h10-12H,3-9H2,1-2H3,(H2,23,24). The summed E-state index contributed by atoms with van der Waals surface area (Å²) >= 11 is 0. The molecule has 0 saturated carbocycles. The molecule has 0 atom stereocenters. The smallest absolute Gasteiger partial charge is 0.384 e. The fourth-order valence-electron chi connectivity index (χ4n) is 3.42. The highest BCUT2D eigenvalue weighted by Gasteiger charge is 2.35. The van der Waals surface area contributed by atoms with Crippen molar-refractivity contribution in [3.63, 3.8) is 0 Å². The molecule has 3 rings (SSSR count). The molecule has 1 saturated heterocycles. The average Bonchev–Trinajstić information content (AvgIpc) is 2.69. The van der Waals surface area contributed by atoms with E-state index in [1.807, 2.05) is 23.6 Å². The minimum Gasteiger partial charge on any atom is -0.384 e. The molecule has 0 aliphatic carbocycles. The van der Waals surface area contributed by atoms with Crippen LogP contribution in [0.3, 0.4) is 0 Å². The normalized spacial score (nSPS) is 15.0. The number of aromatic nitrogens is 3. The fraction of sp³-hybridized carbons (Fsp3) is 0.526. The summed E-state index contributed by atoms with van der Waals surface area (Å²) in [7, 11) is 0. The SMILES string of the molecule is CCN(CC)c1cc(-c2cnc(N)cc2C(F)(F)F)nc(N2CCCCC2)n1. The summed E-state index contributed by atoms with van der Waals surface area (Å²) in [6.07, 6.45) is -0.236. The zero-order chi connectivity index (χ0) is 20.3. The van der Waals surface area contributed by atoms with Crippen molar-refractivity contribution in [2.24, 2.45) is 0 Å². The number of halogens is 3. The van der Waals surface area contributed by atoms with E-state index in [-0.39, 0.29) is 17.1 Å². The molecular formula is C19H25F3N6. The van der Waals surface area contributed by atoms with Gasteiger partial charge < -0.3 is 15.5 Å². The maximum absolute atomic E-state index is 13.6. The second-order valence-corrected chi connectivity index (χ2v) is 6.78. The van der Waals surface area contributed by atoms with Crippen LogP contribution in [0.4, 0.5) is 30.8 Å². The number of rotatable bonds is 5. The summed E-state index contributed by atoms with van der Waals surface area (Å²) < 4.78 is 40.8. The third-order valence-corrected chi connectivity index (χ3v) is 4.93. The summed E-state index contributed by atoms with van der Waals surface area (Å²) in [5.41, 5.74) is 4.79. The van der Waals surface area contributed by atoms with E-state index in [1.165, 1.54) is 0 Å². The van der Waals surface area contributed by atoms with Crippen molar-refractivity contribution in [2.45, 2.75) is 39.3 Å². The molecule has 3 heterocycles. The van der Waals surface area contributed by atoms with E-state index in [4.69, 9.17) is 5.73 Å². The predicted octanol–water partition coefficient (Wildman–Crippen LogP) is 3.98. The van der Waals surface area contributed by atoms with Gasteiger partial charge in [-0.05, 0) is 39.2 Å². The Balaban J connectivity index is 2.16. The van der Waals surface area contributed by atoms with Gasteiger partial charge in [0.1, 0.15) is 11.6 Å². The molecule has 2 aromatic rings. The summed E-state index contributed by atoms with van der Waals surface area (Å²) in [4.78, 5) is 17.1. The molecule has 0 amide bonds. The topological polar surface area (TPSA) is 71.2 Å². The number of nitrogens with zero attached hydrogens (tertiary/aromatic N) is 5. The number of alkyl halides is 3. The van der Waals surface area contributed by atoms with E-state index in [2.05, 4.69) is 15.0 Å². The molecule has 2 N–H and O–H groups in total. The number of piperidine rings is 1. The third kappa shape index (κ3) is 4.28. The van der Waals surface area contributed by atoms with Crippen molar-refractivity contribution in [3.8, 4) is 11.3 Å². The summed E-state index contributed by atoms with van der Waals surface area (Å²) in [6, 6.07) is 2.46. The Morgan fingerprint density at radius 2 is 1.75 bits per heavy atom. The lowest BCUT2D eigenvalue weighted by Crippen LogP contribution is -2.32. The molecule has 0 radical (unpaired) electrons. The maximum atomic E-state index is 13.6. The van der Waals surface area contributed by atoms with Crippen molar-refractivity contribution < 1.29 is 13.2 Å². The van der Waals surface area contributed by atoms with Crippen LogP contribution >= 0.6 is 0 Å². The molecule has 28 heavy (non-hydrogen) atoms. The fourth-order valence-corrected chi connectivity index (χ4v) is 3.42. The molecule has 0 aromatic carbocycles. The second kappa shape index (κ2) is 8.20. The lowest BCUT2D eigenvalue weighted by Gasteiger charge is -2.29. The number of pyridine rings is 1. The van der Waals surface area contributed by atoms with E-state index >= 15 is 0 Å². The van der Waals surface area contributed by atoms with Crippen LogP contribution in [0.1, 0.15) is 38.7 Å². The van der Waals surface area contributed by atoms with Crippen molar-refractivity contribution >= 4 is 17.6 Å². The van der Waals surface area contributed by atoms with Crippen molar-refractivity contribution in [3.05, 3.63) is 23.9 Å². The molecule has 0 spiro atoms. The van der Waals surface area contributed by atoms with Crippen LogP contribution in [0, 0.1) is 0 Å². The Labute approximate surface area is 162 Å². The van der Waals surface area contributed by atoms with E-state index in [0.717, 1.165) is 44.6 Å². The van der Waals surface area contributed by atoms with Crippen molar-refractivity contribution in [2.75, 3.05) is 41.7 Å². The predicted molar refractivity (Wildman–Crippen MR) is 104 cm³/mol. The number of hydrogen-bond donors (Lipinski definition) is 1. The zero-order valence-corrected chi connectivity index (χ0v) is 16.1. The van der Waals surface area contributed by atoms with Crippen LogP contribution in [0.25, 0.3) is 11.3 Å². The third-order valence-electron chi connectivity index (χ3n) is 4.93. The summed E-state index contributed by atoms with van der Waals surface area (Å²) in [6.45, 7) is 6.95. The van der Waals surface area contributed by atoms with Gasteiger partial charge in [0.05, 0.1) is 11.3 Å².